The topological polar surface area (TPSA) is 25.8 Å². The number of nitrogens with zero attached hydrogens (tertiary/aromatic N) is 2. The van der Waals surface area contributed by atoms with E-state index in [2.05, 4.69) is 34.2 Å². The fourth-order valence-electron chi connectivity index (χ4n) is 1.68. The molecule has 2 heterocycles. The third kappa shape index (κ3) is 6.56. The van der Waals surface area contributed by atoms with Crippen LogP contribution in [0.1, 0.15) is 1.43 Å². The molecule has 0 atom stereocenters. The summed E-state index contributed by atoms with van der Waals surface area (Å²) in [6.07, 6.45) is 3.60. The SMILES string of the molecule is F[P-](F)(F)(F)(F)F.[Fe].[H+].c1cnc2c(c1)ccc1cccnc12. The Hall–Kier alpha value is -1.43. The minimum Gasteiger partial charge on any atom is -0.254 e. The van der Waals surface area contributed by atoms with Crippen molar-refractivity contribution in [3.63, 3.8) is 0 Å². The van der Waals surface area contributed by atoms with Crippen LogP contribution in [0.25, 0.3) is 21.8 Å². The second-order valence-electron chi connectivity index (χ2n) is 4.17. The number of halogens is 6. The van der Waals surface area contributed by atoms with Crippen LogP contribution in [0.3, 0.4) is 0 Å². The average molecular weight is 382 g/mol. The first-order valence-electron chi connectivity index (χ1n) is 5.55. The first-order chi connectivity index (χ1) is 9.40. The molecule has 22 heavy (non-hydrogen) atoms. The Labute approximate surface area is 132 Å². The first-order valence-corrected chi connectivity index (χ1v) is 7.58. The molecule has 0 radical (unpaired) electrons. The molecular weight excluding hydrogens is 373 g/mol. The van der Waals surface area contributed by atoms with Crippen molar-refractivity contribution < 1.29 is 43.7 Å². The molecule has 0 amide bonds. The predicted octanol–water partition coefficient (Wildman–Crippen LogP) is 6.28. The largest absolute Gasteiger partial charge is 1.00 e. The standard InChI is InChI=1S/C12H8N2.F6P.Fe/c1-3-9-5-6-10-4-2-8-14-12(10)11(9)13-7-1;1-7(2,3,4,5)6;/h1-8H;;/q;-1;/p+1. The number of fused-ring (bicyclic) bond motifs is 3. The van der Waals surface area contributed by atoms with E-state index in [4.69, 9.17) is 0 Å². The van der Waals surface area contributed by atoms with E-state index in [0.717, 1.165) is 21.8 Å². The molecule has 0 saturated heterocycles. The van der Waals surface area contributed by atoms with E-state index in [1.165, 1.54) is 0 Å². The van der Waals surface area contributed by atoms with Crippen molar-refractivity contribution in [3.8, 4) is 0 Å². The summed E-state index contributed by atoms with van der Waals surface area (Å²) in [5, 5.41) is 2.28. The molecule has 2 aromatic heterocycles. The summed E-state index contributed by atoms with van der Waals surface area (Å²) in [6, 6.07) is 12.1. The molecule has 10 heteroatoms. The Balaban J connectivity index is 0.000000474. The van der Waals surface area contributed by atoms with Gasteiger partial charge in [-0.05, 0) is 12.1 Å². The number of benzene rings is 1. The minimum atomic E-state index is -10.7. The molecule has 0 fully saturated rings. The van der Waals surface area contributed by atoms with Gasteiger partial charge in [-0.2, -0.15) is 0 Å². The van der Waals surface area contributed by atoms with Crippen molar-refractivity contribution in [1.82, 2.24) is 9.97 Å². The molecule has 0 aliphatic heterocycles. The molecule has 3 aromatic rings. The van der Waals surface area contributed by atoms with Crippen LogP contribution in [0.4, 0.5) is 25.2 Å². The van der Waals surface area contributed by atoms with Gasteiger partial charge in [0.25, 0.3) is 0 Å². The van der Waals surface area contributed by atoms with Crippen molar-refractivity contribution in [1.29, 1.82) is 0 Å². The molecule has 0 bridgehead atoms. The minimum absolute atomic E-state index is 0. The average Bonchev–Trinajstić information content (AvgIpc) is 2.35. The monoisotopic (exact) mass is 382 g/mol. The van der Waals surface area contributed by atoms with Gasteiger partial charge in [-0.1, -0.05) is 24.3 Å². The van der Waals surface area contributed by atoms with Crippen LogP contribution in [-0.4, -0.2) is 9.97 Å². The molecule has 0 unspecified atom stereocenters. The zero-order valence-electron chi connectivity index (χ0n) is 11.6. The summed E-state index contributed by atoms with van der Waals surface area (Å²) in [5.74, 6) is 0. The molecule has 0 spiro atoms. The van der Waals surface area contributed by atoms with E-state index >= 15 is 0 Å². The summed E-state index contributed by atoms with van der Waals surface area (Å²) in [5.41, 5.74) is 1.95. The molecule has 3 rings (SSSR count). The molecule has 0 aliphatic carbocycles. The maximum absolute atomic E-state index is 10.7. The Morgan fingerprint density at radius 2 is 1.00 bits per heavy atom. The zero-order valence-corrected chi connectivity index (χ0v) is 12.6. The Morgan fingerprint density at radius 1 is 0.682 bits per heavy atom. The third-order valence-corrected chi connectivity index (χ3v) is 2.34. The molecule has 0 saturated carbocycles. The first kappa shape index (κ1) is 18.6. The van der Waals surface area contributed by atoms with Gasteiger partial charge in [0.1, 0.15) is 0 Å². The summed E-state index contributed by atoms with van der Waals surface area (Å²) in [6.45, 7) is 0. The van der Waals surface area contributed by atoms with Crippen LogP contribution in [0.15, 0.2) is 48.8 Å². The molecule has 0 N–H and O–H groups in total. The Morgan fingerprint density at radius 3 is 1.32 bits per heavy atom. The van der Waals surface area contributed by atoms with Crippen LogP contribution >= 0.6 is 7.81 Å². The van der Waals surface area contributed by atoms with Crippen molar-refractivity contribution in [2.75, 3.05) is 0 Å². The van der Waals surface area contributed by atoms with Gasteiger partial charge in [0, 0.05) is 40.2 Å². The van der Waals surface area contributed by atoms with E-state index in [1.54, 1.807) is 12.4 Å². The number of hydrogen-bond donors (Lipinski definition) is 0. The van der Waals surface area contributed by atoms with Gasteiger partial charge in [-0.3, -0.25) is 9.97 Å². The summed E-state index contributed by atoms with van der Waals surface area (Å²) in [7, 11) is -10.7. The molecule has 1 aromatic carbocycles. The summed E-state index contributed by atoms with van der Waals surface area (Å²) in [4.78, 5) is 8.69. The van der Waals surface area contributed by atoms with Crippen molar-refractivity contribution >= 4 is 29.6 Å². The van der Waals surface area contributed by atoms with Crippen LogP contribution in [-0.2, 0) is 17.1 Å². The van der Waals surface area contributed by atoms with Crippen molar-refractivity contribution in [3.05, 3.63) is 48.8 Å². The van der Waals surface area contributed by atoms with Gasteiger partial charge in [0.2, 0.25) is 0 Å². The van der Waals surface area contributed by atoms with Gasteiger partial charge in [0.05, 0.1) is 11.0 Å². The fraction of sp³-hybridized carbons (Fsp3) is 0. The second kappa shape index (κ2) is 5.33. The van der Waals surface area contributed by atoms with Gasteiger partial charge in [-0.25, -0.2) is 0 Å². The summed E-state index contributed by atoms with van der Waals surface area (Å²) >= 11 is 0. The van der Waals surface area contributed by atoms with E-state index in [0.29, 0.717) is 0 Å². The van der Waals surface area contributed by atoms with E-state index in [9.17, 15) is 25.2 Å². The van der Waals surface area contributed by atoms with Gasteiger partial charge in [0.15, 0.2) is 0 Å². The van der Waals surface area contributed by atoms with E-state index in [-0.39, 0.29) is 18.5 Å². The quantitative estimate of drug-likeness (QED) is 0.198. The second-order valence-corrected chi connectivity index (χ2v) is 6.09. The zero-order chi connectivity index (χ0) is 15.8. The number of pyridine rings is 2. The smallest absolute Gasteiger partial charge is 0.254 e. The van der Waals surface area contributed by atoms with Gasteiger partial charge < -0.3 is 0 Å². The van der Waals surface area contributed by atoms with Crippen molar-refractivity contribution in [2.24, 2.45) is 0 Å². The number of hydrogen-bond acceptors (Lipinski definition) is 2. The van der Waals surface area contributed by atoms with Crippen LogP contribution in [0.5, 0.6) is 0 Å². The van der Waals surface area contributed by atoms with Crippen molar-refractivity contribution in [2.45, 2.75) is 0 Å². The van der Waals surface area contributed by atoms with Crippen LogP contribution in [0, 0.1) is 0 Å². The van der Waals surface area contributed by atoms with Crippen LogP contribution in [0.2, 0.25) is 0 Å². The molecule has 0 aliphatic rings. The van der Waals surface area contributed by atoms with Gasteiger partial charge in [-0.15, -0.1) is 0 Å². The molecular formula is C12H9F6FeN2P. The molecule has 122 valence electrons. The number of aromatic nitrogens is 2. The normalized spacial score (nSPS) is 14.3. The van der Waals surface area contributed by atoms with E-state index in [1.807, 2.05) is 12.1 Å². The maximum Gasteiger partial charge on any atom is 1.00 e. The van der Waals surface area contributed by atoms with E-state index < -0.39 is 7.81 Å². The Bertz CT molecular complexity index is 746. The maximum atomic E-state index is 9.87. The predicted molar refractivity (Wildman–Crippen MR) is 71.7 cm³/mol. The molecule has 2 nitrogen and oxygen atoms in total. The van der Waals surface area contributed by atoms with Crippen LogP contribution < -0.4 is 0 Å². The summed E-state index contributed by atoms with van der Waals surface area (Å²) < 4.78 is 59.2. The number of rotatable bonds is 0. The van der Waals surface area contributed by atoms with Gasteiger partial charge >= 0.3 is 34.4 Å². The third-order valence-electron chi connectivity index (χ3n) is 2.34. The fourth-order valence-corrected chi connectivity index (χ4v) is 1.68. The Kier molecular flexibility index (Phi) is 4.51.